The fraction of sp³-hybridized carbons (Fsp3) is 0.500. The molecular formula is C24H31NO. The van der Waals surface area contributed by atoms with Crippen LogP contribution in [0.15, 0.2) is 36.4 Å². The van der Waals surface area contributed by atoms with Gasteiger partial charge in [-0.1, -0.05) is 36.4 Å². The topological polar surface area (TPSA) is 23.5 Å². The first kappa shape index (κ1) is 17.8. The molecule has 1 N–H and O–H groups in total. The number of nitrogens with zero attached hydrogens (tertiary/aromatic N) is 1. The molecule has 0 aromatic heterocycles. The number of hydrogen-bond donors (Lipinski definition) is 1. The highest BCUT2D eigenvalue weighted by Gasteiger charge is 2.28. The Kier molecular flexibility index (Phi) is 5.15. The quantitative estimate of drug-likeness (QED) is 0.823. The van der Waals surface area contributed by atoms with Crippen LogP contribution < -0.4 is 0 Å². The SMILES string of the molecule is CC(C)N(Cc1ccccc1)C[C@H](O)c1c2c(cc3c1CCC3)CCC2. The molecule has 0 bridgehead atoms. The van der Waals surface area contributed by atoms with Gasteiger partial charge in [0.05, 0.1) is 6.10 Å². The molecule has 0 radical (unpaired) electrons. The summed E-state index contributed by atoms with van der Waals surface area (Å²) in [5.74, 6) is 0. The van der Waals surface area contributed by atoms with Gasteiger partial charge in [-0.3, -0.25) is 4.90 Å². The smallest absolute Gasteiger partial charge is 0.0922 e. The average Bonchev–Trinajstić information content (AvgIpc) is 3.28. The second-order valence-electron chi connectivity index (χ2n) is 8.30. The van der Waals surface area contributed by atoms with Gasteiger partial charge in [0, 0.05) is 19.1 Å². The summed E-state index contributed by atoms with van der Waals surface area (Å²) < 4.78 is 0. The Hall–Kier alpha value is -1.64. The molecule has 138 valence electrons. The van der Waals surface area contributed by atoms with Crippen LogP contribution in [0.4, 0.5) is 0 Å². The number of rotatable bonds is 6. The van der Waals surface area contributed by atoms with Gasteiger partial charge >= 0.3 is 0 Å². The summed E-state index contributed by atoms with van der Waals surface area (Å²) in [4.78, 5) is 2.41. The fourth-order valence-corrected chi connectivity index (χ4v) is 4.85. The Balaban J connectivity index is 1.60. The number of hydrogen-bond acceptors (Lipinski definition) is 2. The van der Waals surface area contributed by atoms with Crippen molar-refractivity contribution in [1.29, 1.82) is 0 Å². The molecule has 4 rings (SSSR count). The van der Waals surface area contributed by atoms with Gasteiger partial charge in [0.1, 0.15) is 0 Å². The van der Waals surface area contributed by atoms with Crippen molar-refractivity contribution >= 4 is 0 Å². The second kappa shape index (κ2) is 7.54. The zero-order valence-electron chi connectivity index (χ0n) is 16.2. The van der Waals surface area contributed by atoms with Crippen LogP contribution in [-0.4, -0.2) is 22.6 Å². The van der Waals surface area contributed by atoms with Gasteiger partial charge in [0.2, 0.25) is 0 Å². The van der Waals surface area contributed by atoms with E-state index in [1.54, 1.807) is 0 Å². The number of aliphatic hydroxyl groups is 1. The molecule has 0 saturated carbocycles. The van der Waals surface area contributed by atoms with Crippen LogP contribution >= 0.6 is 0 Å². The minimum absolute atomic E-state index is 0.374. The van der Waals surface area contributed by atoms with Crippen molar-refractivity contribution in [3.05, 3.63) is 69.8 Å². The summed E-state index contributed by atoms with van der Waals surface area (Å²) in [7, 11) is 0. The average molecular weight is 350 g/mol. The monoisotopic (exact) mass is 349 g/mol. The number of aliphatic hydroxyl groups excluding tert-OH is 1. The molecular weight excluding hydrogens is 318 g/mol. The van der Waals surface area contributed by atoms with Crippen LogP contribution in [0.5, 0.6) is 0 Å². The number of fused-ring (bicyclic) bond motifs is 2. The van der Waals surface area contributed by atoms with Crippen LogP contribution in [0, 0.1) is 0 Å². The van der Waals surface area contributed by atoms with Crippen molar-refractivity contribution in [3.8, 4) is 0 Å². The molecule has 2 aliphatic carbocycles. The first-order valence-electron chi connectivity index (χ1n) is 10.3. The predicted molar refractivity (Wildman–Crippen MR) is 107 cm³/mol. The van der Waals surface area contributed by atoms with E-state index in [0.717, 1.165) is 25.9 Å². The van der Waals surface area contributed by atoms with E-state index in [0.29, 0.717) is 6.04 Å². The van der Waals surface area contributed by atoms with Gasteiger partial charge in [0.25, 0.3) is 0 Å². The molecule has 0 amide bonds. The predicted octanol–water partition coefficient (Wildman–Crippen LogP) is 4.61. The van der Waals surface area contributed by atoms with Crippen LogP contribution in [-0.2, 0) is 32.2 Å². The number of benzene rings is 2. The van der Waals surface area contributed by atoms with Crippen molar-refractivity contribution in [1.82, 2.24) is 4.90 Å². The summed E-state index contributed by atoms with van der Waals surface area (Å²) in [6.45, 7) is 6.08. The molecule has 2 aliphatic rings. The molecule has 0 heterocycles. The summed E-state index contributed by atoms with van der Waals surface area (Å²) in [6, 6.07) is 13.5. The van der Waals surface area contributed by atoms with Crippen LogP contribution in [0.1, 0.15) is 66.2 Å². The summed E-state index contributed by atoms with van der Waals surface area (Å²) in [6.07, 6.45) is 6.80. The second-order valence-corrected chi connectivity index (χ2v) is 8.30. The standard InChI is InChI=1S/C24H31NO/c1-17(2)25(15-18-8-4-3-5-9-18)16-23(26)24-21-12-6-10-19(21)14-20-11-7-13-22(20)24/h3-5,8-9,14,17,23,26H,6-7,10-13,15-16H2,1-2H3/t23-/m0/s1. The van der Waals surface area contributed by atoms with E-state index in [1.807, 2.05) is 0 Å². The molecule has 0 unspecified atom stereocenters. The van der Waals surface area contributed by atoms with E-state index < -0.39 is 0 Å². The maximum absolute atomic E-state index is 11.3. The van der Waals surface area contributed by atoms with E-state index in [1.165, 1.54) is 59.1 Å². The van der Waals surface area contributed by atoms with E-state index in [9.17, 15) is 5.11 Å². The highest BCUT2D eigenvalue weighted by atomic mass is 16.3. The van der Waals surface area contributed by atoms with Crippen molar-refractivity contribution in [3.63, 3.8) is 0 Å². The largest absolute Gasteiger partial charge is 0.387 e. The van der Waals surface area contributed by atoms with Crippen molar-refractivity contribution in [2.24, 2.45) is 0 Å². The van der Waals surface area contributed by atoms with Crippen molar-refractivity contribution in [2.75, 3.05) is 6.54 Å². The molecule has 0 aliphatic heterocycles. The molecule has 0 spiro atoms. The Morgan fingerprint density at radius 1 is 0.923 bits per heavy atom. The van der Waals surface area contributed by atoms with Gasteiger partial charge < -0.3 is 5.11 Å². The first-order valence-corrected chi connectivity index (χ1v) is 10.3. The first-order chi connectivity index (χ1) is 12.6. The van der Waals surface area contributed by atoms with E-state index in [4.69, 9.17) is 0 Å². The normalized spacial score (nSPS) is 17.0. The van der Waals surface area contributed by atoms with Crippen LogP contribution in [0.25, 0.3) is 0 Å². The third-order valence-electron chi connectivity index (χ3n) is 6.22. The third-order valence-corrected chi connectivity index (χ3v) is 6.22. The highest BCUT2D eigenvalue weighted by Crippen LogP contribution is 2.38. The third kappa shape index (κ3) is 3.45. The Labute approximate surface area is 157 Å². The summed E-state index contributed by atoms with van der Waals surface area (Å²) in [5, 5.41) is 11.3. The molecule has 1 atom stereocenters. The minimum Gasteiger partial charge on any atom is -0.387 e. The van der Waals surface area contributed by atoms with Crippen LogP contribution in [0.2, 0.25) is 0 Å². The number of aryl methyl sites for hydroxylation is 2. The van der Waals surface area contributed by atoms with Crippen LogP contribution in [0.3, 0.4) is 0 Å². The van der Waals surface area contributed by atoms with Gasteiger partial charge in [0.15, 0.2) is 0 Å². The molecule has 2 aromatic carbocycles. The lowest BCUT2D eigenvalue weighted by atomic mass is 9.90. The lowest BCUT2D eigenvalue weighted by Gasteiger charge is -2.30. The van der Waals surface area contributed by atoms with Gasteiger partial charge in [-0.25, -0.2) is 0 Å². The zero-order valence-corrected chi connectivity index (χ0v) is 16.2. The molecule has 2 aromatic rings. The van der Waals surface area contributed by atoms with Gasteiger partial charge in [-0.15, -0.1) is 0 Å². The molecule has 26 heavy (non-hydrogen) atoms. The van der Waals surface area contributed by atoms with E-state index >= 15 is 0 Å². The summed E-state index contributed by atoms with van der Waals surface area (Å²) >= 11 is 0. The minimum atomic E-state index is -0.374. The Morgan fingerprint density at radius 3 is 2.12 bits per heavy atom. The highest BCUT2D eigenvalue weighted by molar-refractivity contribution is 5.51. The fourth-order valence-electron chi connectivity index (χ4n) is 4.85. The summed E-state index contributed by atoms with van der Waals surface area (Å²) in [5.41, 5.74) is 8.59. The van der Waals surface area contributed by atoms with E-state index in [-0.39, 0.29) is 6.10 Å². The molecule has 2 nitrogen and oxygen atoms in total. The van der Waals surface area contributed by atoms with Crippen molar-refractivity contribution < 1.29 is 5.11 Å². The van der Waals surface area contributed by atoms with Gasteiger partial charge in [-0.2, -0.15) is 0 Å². The van der Waals surface area contributed by atoms with Gasteiger partial charge in [-0.05, 0) is 85.8 Å². The lowest BCUT2D eigenvalue weighted by molar-refractivity contribution is 0.0897. The molecule has 0 saturated heterocycles. The Bertz CT molecular complexity index is 733. The molecule has 2 heteroatoms. The lowest BCUT2D eigenvalue weighted by Crippen LogP contribution is -2.34. The maximum atomic E-state index is 11.3. The Morgan fingerprint density at radius 2 is 1.54 bits per heavy atom. The molecule has 0 fully saturated rings. The maximum Gasteiger partial charge on any atom is 0.0922 e. The van der Waals surface area contributed by atoms with Crippen molar-refractivity contribution in [2.45, 2.75) is 71.1 Å². The van der Waals surface area contributed by atoms with E-state index in [2.05, 4.69) is 55.1 Å². The zero-order chi connectivity index (χ0) is 18.1.